The van der Waals surface area contributed by atoms with Crippen LogP contribution in [0.5, 0.6) is 0 Å². The summed E-state index contributed by atoms with van der Waals surface area (Å²) < 4.78 is 1.66. The lowest BCUT2D eigenvalue weighted by molar-refractivity contribution is -0.123. The minimum absolute atomic E-state index is 0.0417. The van der Waals surface area contributed by atoms with Crippen molar-refractivity contribution in [3.63, 3.8) is 0 Å². The summed E-state index contributed by atoms with van der Waals surface area (Å²) in [5.74, 6) is 0.126. The van der Waals surface area contributed by atoms with Gasteiger partial charge in [0.05, 0.1) is 5.69 Å². The second-order valence-electron chi connectivity index (χ2n) is 4.01. The van der Waals surface area contributed by atoms with Crippen LogP contribution in [0.4, 0.5) is 0 Å². The van der Waals surface area contributed by atoms with Crippen LogP contribution in [0.3, 0.4) is 0 Å². The van der Waals surface area contributed by atoms with Gasteiger partial charge in [0, 0.05) is 38.8 Å². The highest BCUT2D eigenvalue weighted by atomic mass is 16.1. The van der Waals surface area contributed by atoms with Crippen molar-refractivity contribution >= 4 is 5.91 Å². The van der Waals surface area contributed by atoms with Crippen molar-refractivity contribution in [3.8, 4) is 0 Å². The van der Waals surface area contributed by atoms with E-state index < -0.39 is 0 Å². The average molecular weight is 225 g/mol. The number of amides is 1. The first-order valence-corrected chi connectivity index (χ1v) is 5.43. The van der Waals surface area contributed by atoms with Gasteiger partial charge in [0.2, 0.25) is 5.91 Å². The maximum atomic E-state index is 11.2. The molecule has 1 heterocycles. The first kappa shape index (κ1) is 12.6. The third-order valence-corrected chi connectivity index (χ3v) is 2.08. The summed E-state index contributed by atoms with van der Waals surface area (Å²) in [7, 11) is 1.83. The number of aryl methyl sites for hydroxylation is 1. The van der Waals surface area contributed by atoms with Crippen LogP contribution in [0.25, 0.3) is 0 Å². The van der Waals surface area contributed by atoms with Gasteiger partial charge in [0.1, 0.15) is 0 Å². The Morgan fingerprint density at radius 2 is 2.25 bits per heavy atom. The number of carbonyl (C=O) groups excluding carboxylic acids is 1. The molecular weight excluding hydrogens is 206 g/mol. The Labute approximate surface area is 95.4 Å². The highest BCUT2D eigenvalue weighted by Gasteiger charge is 2.04. The van der Waals surface area contributed by atoms with Crippen molar-refractivity contribution in [1.82, 2.24) is 25.6 Å². The van der Waals surface area contributed by atoms with Crippen LogP contribution in [0.2, 0.25) is 0 Å². The second kappa shape index (κ2) is 6.22. The van der Waals surface area contributed by atoms with Crippen molar-refractivity contribution in [1.29, 1.82) is 0 Å². The Bertz CT molecular complexity index is 334. The molecule has 1 amide bonds. The maximum absolute atomic E-state index is 11.2. The van der Waals surface area contributed by atoms with Gasteiger partial charge in [0.15, 0.2) is 0 Å². The van der Waals surface area contributed by atoms with E-state index >= 15 is 0 Å². The lowest BCUT2D eigenvalue weighted by atomic mass is 10.2. The molecule has 0 unspecified atom stereocenters. The maximum Gasteiger partial charge on any atom is 0.222 e. The smallest absolute Gasteiger partial charge is 0.222 e. The van der Waals surface area contributed by atoms with Gasteiger partial charge in [-0.3, -0.25) is 9.48 Å². The molecule has 0 radical (unpaired) electrons. The van der Waals surface area contributed by atoms with E-state index in [0.717, 1.165) is 12.2 Å². The molecule has 0 saturated heterocycles. The van der Waals surface area contributed by atoms with E-state index in [0.29, 0.717) is 13.1 Å². The zero-order valence-electron chi connectivity index (χ0n) is 10.0. The fourth-order valence-electron chi connectivity index (χ4n) is 1.17. The summed E-state index contributed by atoms with van der Waals surface area (Å²) in [6.45, 7) is 5.79. The molecule has 16 heavy (non-hydrogen) atoms. The van der Waals surface area contributed by atoms with Crippen molar-refractivity contribution in [2.75, 3.05) is 13.1 Å². The van der Waals surface area contributed by atoms with Gasteiger partial charge < -0.3 is 10.6 Å². The fourth-order valence-corrected chi connectivity index (χ4v) is 1.17. The molecule has 2 N–H and O–H groups in total. The number of aromatic nitrogens is 3. The molecule has 0 fully saturated rings. The van der Waals surface area contributed by atoms with Gasteiger partial charge in [-0.15, -0.1) is 5.10 Å². The van der Waals surface area contributed by atoms with Gasteiger partial charge in [-0.1, -0.05) is 19.1 Å². The Morgan fingerprint density at radius 3 is 2.81 bits per heavy atom. The van der Waals surface area contributed by atoms with E-state index in [1.165, 1.54) is 0 Å². The quantitative estimate of drug-likeness (QED) is 0.651. The van der Waals surface area contributed by atoms with E-state index in [4.69, 9.17) is 0 Å². The third kappa shape index (κ3) is 4.39. The number of hydrogen-bond donors (Lipinski definition) is 2. The van der Waals surface area contributed by atoms with Gasteiger partial charge >= 0.3 is 0 Å². The standard InChI is InChI=1S/C10H19N5O/c1-8(2)10(16)12-5-4-11-6-9-7-15(3)14-13-9/h7-8,11H,4-6H2,1-3H3,(H,12,16). The fraction of sp³-hybridized carbons (Fsp3) is 0.700. The van der Waals surface area contributed by atoms with Crippen LogP contribution in [-0.2, 0) is 18.4 Å². The van der Waals surface area contributed by atoms with Gasteiger partial charge in [-0.2, -0.15) is 0 Å². The summed E-state index contributed by atoms with van der Waals surface area (Å²) in [5.41, 5.74) is 0.901. The lowest BCUT2D eigenvalue weighted by Gasteiger charge is -2.07. The topological polar surface area (TPSA) is 71.8 Å². The SMILES string of the molecule is CC(C)C(=O)NCCNCc1cn(C)nn1. The molecular formula is C10H19N5O. The van der Waals surface area contributed by atoms with Crippen molar-refractivity contribution < 1.29 is 4.79 Å². The largest absolute Gasteiger partial charge is 0.355 e. The van der Waals surface area contributed by atoms with Crippen molar-refractivity contribution in [2.24, 2.45) is 13.0 Å². The number of nitrogens with one attached hydrogen (secondary N) is 2. The zero-order chi connectivity index (χ0) is 12.0. The minimum atomic E-state index is 0.0417. The summed E-state index contributed by atoms with van der Waals surface area (Å²) in [6.07, 6.45) is 1.86. The van der Waals surface area contributed by atoms with Crippen molar-refractivity contribution in [3.05, 3.63) is 11.9 Å². The van der Waals surface area contributed by atoms with E-state index in [2.05, 4.69) is 20.9 Å². The number of hydrogen-bond acceptors (Lipinski definition) is 4. The minimum Gasteiger partial charge on any atom is -0.355 e. The summed E-state index contributed by atoms with van der Waals surface area (Å²) >= 11 is 0. The highest BCUT2D eigenvalue weighted by molar-refractivity contribution is 5.77. The number of rotatable bonds is 6. The molecule has 0 aliphatic heterocycles. The molecule has 0 aliphatic carbocycles. The van der Waals surface area contributed by atoms with E-state index in [1.807, 2.05) is 27.1 Å². The Hall–Kier alpha value is -1.43. The van der Waals surface area contributed by atoms with Gasteiger partial charge in [-0.05, 0) is 0 Å². The predicted molar refractivity (Wildman–Crippen MR) is 60.6 cm³/mol. The first-order valence-electron chi connectivity index (χ1n) is 5.43. The second-order valence-corrected chi connectivity index (χ2v) is 4.01. The van der Waals surface area contributed by atoms with E-state index in [9.17, 15) is 4.79 Å². The van der Waals surface area contributed by atoms with Crippen LogP contribution >= 0.6 is 0 Å². The van der Waals surface area contributed by atoms with Crippen LogP contribution in [0, 0.1) is 5.92 Å². The van der Waals surface area contributed by atoms with E-state index in [1.54, 1.807) is 4.68 Å². The molecule has 0 bridgehead atoms. The number of nitrogens with zero attached hydrogens (tertiary/aromatic N) is 3. The van der Waals surface area contributed by atoms with E-state index in [-0.39, 0.29) is 11.8 Å². The third-order valence-electron chi connectivity index (χ3n) is 2.08. The van der Waals surface area contributed by atoms with Crippen molar-refractivity contribution in [2.45, 2.75) is 20.4 Å². The summed E-state index contributed by atoms with van der Waals surface area (Å²) in [5, 5.41) is 13.8. The molecule has 90 valence electrons. The molecule has 6 nitrogen and oxygen atoms in total. The Balaban J connectivity index is 2.06. The lowest BCUT2D eigenvalue weighted by Crippen LogP contribution is -2.34. The molecule has 0 spiro atoms. The Morgan fingerprint density at radius 1 is 1.50 bits per heavy atom. The Kier molecular flexibility index (Phi) is 4.91. The van der Waals surface area contributed by atoms with Gasteiger partial charge in [-0.25, -0.2) is 0 Å². The number of carbonyl (C=O) groups is 1. The summed E-state index contributed by atoms with van der Waals surface area (Å²) in [6, 6.07) is 0. The molecule has 0 atom stereocenters. The molecule has 1 aromatic heterocycles. The predicted octanol–water partition coefficient (Wildman–Crippen LogP) is -0.323. The molecule has 0 aliphatic rings. The van der Waals surface area contributed by atoms with Gasteiger partial charge in [0.25, 0.3) is 0 Å². The highest BCUT2D eigenvalue weighted by Crippen LogP contribution is 1.90. The van der Waals surface area contributed by atoms with Crippen LogP contribution in [0.15, 0.2) is 6.20 Å². The monoisotopic (exact) mass is 225 g/mol. The normalized spacial score (nSPS) is 10.8. The summed E-state index contributed by atoms with van der Waals surface area (Å²) in [4.78, 5) is 11.2. The molecule has 1 aromatic rings. The first-order chi connectivity index (χ1) is 7.59. The average Bonchev–Trinajstić information content (AvgIpc) is 2.63. The molecule has 0 saturated carbocycles. The molecule has 6 heteroatoms. The molecule has 0 aromatic carbocycles. The van der Waals surface area contributed by atoms with Crippen LogP contribution in [-0.4, -0.2) is 34.0 Å². The van der Waals surface area contributed by atoms with Crippen LogP contribution in [0.1, 0.15) is 19.5 Å². The molecule has 1 rings (SSSR count). The van der Waals surface area contributed by atoms with Crippen LogP contribution < -0.4 is 10.6 Å². The zero-order valence-corrected chi connectivity index (χ0v) is 10.0.